The average Bonchev–Trinajstić information content (AvgIpc) is 2.46. The molecule has 0 amide bonds. The van der Waals surface area contributed by atoms with Gasteiger partial charge in [-0.05, 0) is 0 Å². The third-order valence-corrected chi connectivity index (χ3v) is 3.23. The summed E-state index contributed by atoms with van der Waals surface area (Å²) >= 11 is 1.29. The highest BCUT2D eigenvalue weighted by molar-refractivity contribution is 7.98. The molecule has 0 saturated heterocycles. The molecule has 1 aromatic heterocycles. The maximum Gasteiger partial charge on any atom is 0.273 e. The van der Waals surface area contributed by atoms with Crippen LogP contribution in [0.3, 0.4) is 0 Å². The Bertz CT molecular complexity index is 637. The minimum Gasteiger partial charge on any atom is -0.258 e. The van der Waals surface area contributed by atoms with Gasteiger partial charge in [-0.2, -0.15) is 5.26 Å². The van der Waals surface area contributed by atoms with Crippen molar-refractivity contribution < 1.29 is 4.92 Å². The zero-order valence-electron chi connectivity index (χ0n) is 9.68. The largest absolute Gasteiger partial charge is 0.273 e. The van der Waals surface area contributed by atoms with Crippen molar-refractivity contribution in [2.75, 3.05) is 0 Å². The fourth-order valence-electron chi connectivity index (χ4n) is 1.40. The van der Waals surface area contributed by atoms with E-state index in [2.05, 4.69) is 9.97 Å². The predicted octanol–water partition coefficient (Wildman–Crippen LogP) is 2.55. The lowest BCUT2D eigenvalue weighted by atomic mass is 10.2. The van der Waals surface area contributed by atoms with Crippen molar-refractivity contribution >= 4 is 17.4 Å². The molecule has 1 heterocycles. The van der Waals surface area contributed by atoms with Gasteiger partial charge in [-0.3, -0.25) is 10.1 Å². The van der Waals surface area contributed by atoms with Gasteiger partial charge in [-0.1, -0.05) is 30.0 Å². The van der Waals surface area contributed by atoms with Crippen molar-refractivity contribution in [3.63, 3.8) is 0 Å². The maximum atomic E-state index is 10.8. The van der Waals surface area contributed by atoms with E-state index in [-0.39, 0.29) is 5.69 Å². The first-order valence-corrected chi connectivity index (χ1v) is 6.26. The number of para-hydroxylation sites is 1. The number of benzene rings is 1. The summed E-state index contributed by atoms with van der Waals surface area (Å²) < 4.78 is 0. The first-order chi connectivity index (χ1) is 9.20. The van der Waals surface area contributed by atoms with E-state index in [0.717, 1.165) is 0 Å². The Labute approximate surface area is 113 Å². The molecule has 19 heavy (non-hydrogen) atoms. The molecule has 0 unspecified atom stereocenters. The Hall–Kier alpha value is -2.46. The average molecular weight is 272 g/mol. The number of rotatable bonds is 4. The number of thioether (sulfide) groups is 1. The number of nitro groups is 1. The predicted molar refractivity (Wildman–Crippen MR) is 69.4 cm³/mol. The summed E-state index contributed by atoms with van der Waals surface area (Å²) in [6.07, 6.45) is 2.85. The van der Waals surface area contributed by atoms with E-state index in [9.17, 15) is 10.1 Å². The van der Waals surface area contributed by atoms with Gasteiger partial charge in [-0.25, -0.2) is 9.97 Å². The summed E-state index contributed by atoms with van der Waals surface area (Å²) in [5, 5.41) is 20.0. The van der Waals surface area contributed by atoms with Gasteiger partial charge in [0.25, 0.3) is 5.69 Å². The molecule has 0 aliphatic carbocycles. The molecule has 1 aromatic carbocycles. The van der Waals surface area contributed by atoms with Gasteiger partial charge < -0.3 is 0 Å². The number of hydrogen-bond donors (Lipinski definition) is 0. The topological polar surface area (TPSA) is 92.7 Å². The molecule has 2 aromatic rings. The molecular weight excluding hydrogens is 264 g/mol. The maximum absolute atomic E-state index is 10.8. The number of aromatic nitrogens is 2. The molecule has 0 atom stereocenters. The van der Waals surface area contributed by atoms with Crippen LogP contribution in [-0.2, 0) is 5.75 Å². The zero-order valence-corrected chi connectivity index (χ0v) is 10.5. The Morgan fingerprint density at radius 1 is 1.32 bits per heavy atom. The number of nitriles is 1. The standard InChI is InChI=1S/C12H8N4O2S/c13-5-9-6-14-12(15-7-9)19-8-10-3-1-2-4-11(10)16(17)18/h1-4,6-7H,8H2. The summed E-state index contributed by atoms with van der Waals surface area (Å²) in [6.45, 7) is 0. The van der Waals surface area contributed by atoms with Crippen molar-refractivity contribution in [2.45, 2.75) is 10.9 Å². The highest BCUT2D eigenvalue weighted by Crippen LogP contribution is 2.25. The molecule has 0 N–H and O–H groups in total. The Balaban J connectivity index is 2.10. The van der Waals surface area contributed by atoms with E-state index < -0.39 is 4.92 Å². The molecule has 0 fully saturated rings. The van der Waals surface area contributed by atoms with Gasteiger partial charge in [0.2, 0.25) is 0 Å². The fraction of sp³-hybridized carbons (Fsp3) is 0.0833. The van der Waals surface area contributed by atoms with Crippen LogP contribution in [0.1, 0.15) is 11.1 Å². The van der Waals surface area contributed by atoms with Crippen LogP contribution >= 0.6 is 11.8 Å². The first kappa shape index (κ1) is 13.0. The van der Waals surface area contributed by atoms with Crippen LogP contribution in [0, 0.1) is 21.4 Å². The molecular formula is C12H8N4O2S. The van der Waals surface area contributed by atoms with Crippen molar-refractivity contribution in [1.29, 1.82) is 5.26 Å². The van der Waals surface area contributed by atoms with E-state index in [4.69, 9.17) is 5.26 Å². The van der Waals surface area contributed by atoms with Crippen molar-refractivity contribution in [2.24, 2.45) is 0 Å². The van der Waals surface area contributed by atoms with Gasteiger partial charge in [-0.15, -0.1) is 0 Å². The van der Waals surface area contributed by atoms with Crippen LogP contribution in [0.4, 0.5) is 5.69 Å². The number of hydrogen-bond acceptors (Lipinski definition) is 6. The van der Waals surface area contributed by atoms with Crippen molar-refractivity contribution in [1.82, 2.24) is 9.97 Å². The molecule has 6 nitrogen and oxygen atoms in total. The third-order valence-electron chi connectivity index (χ3n) is 2.30. The summed E-state index contributed by atoms with van der Waals surface area (Å²) in [4.78, 5) is 18.4. The summed E-state index contributed by atoms with van der Waals surface area (Å²) in [7, 11) is 0. The lowest BCUT2D eigenvalue weighted by Crippen LogP contribution is -1.94. The molecule has 0 aliphatic rings. The van der Waals surface area contributed by atoms with Gasteiger partial charge in [0.1, 0.15) is 6.07 Å². The minimum absolute atomic E-state index is 0.0867. The highest BCUT2D eigenvalue weighted by Gasteiger charge is 2.12. The summed E-state index contributed by atoms with van der Waals surface area (Å²) in [5.74, 6) is 0.406. The SMILES string of the molecule is N#Cc1cnc(SCc2ccccc2[N+](=O)[O-])nc1. The fourth-order valence-corrected chi connectivity index (χ4v) is 2.18. The molecule has 7 heteroatoms. The molecule has 0 saturated carbocycles. The quantitative estimate of drug-likeness (QED) is 0.367. The number of nitrogens with zero attached hydrogens (tertiary/aromatic N) is 4. The monoisotopic (exact) mass is 272 g/mol. The van der Waals surface area contributed by atoms with E-state index in [0.29, 0.717) is 22.0 Å². The van der Waals surface area contributed by atoms with Crippen LogP contribution in [0.2, 0.25) is 0 Å². The van der Waals surface area contributed by atoms with Gasteiger partial charge in [0, 0.05) is 29.8 Å². The van der Waals surface area contributed by atoms with Gasteiger partial charge in [0.05, 0.1) is 10.5 Å². The van der Waals surface area contributed by atoms with Crippen LogP contribution in [0.5, 0.6) is 0 Å². The normalized spacial score (nSPS) is 9.84. The van der Waals surface area contributed by atoms with Crippen LogP contribution in [0.15, 0.2) is 41.8 Å². The van der Waals surface area contributed by atoms with Crippen molar-refractivity contribution in [3.05, 3.63) is 57.9 Å². The van der Waals surface area contributed by atoms with E-state index in [1.807, 2.05) is 6.07 Å². The van der Waals surface area contributed by atoms with E-state index in [1.54, 1.807) is 18.2 Å². The first-order valence-electron chi connectivity index (χ1n) is 5.28. The van der Waals surface area contributed by atoms with Gasteiger partial charge >= 0.3 is 0 Å². The van der Waals surface area contributed by atoms with Crippen LogP contribution in [-0.4, -0.2) is 14.9 Å². The van der Waals surface area contributed by atoms with Crippen LogP contribution < -0.4 is 0 Å². The molecule has 0 bridgehead atoms. The van der Waals surface area contributed by atoms with Crippen molar-refractivity contribution in [3.8, 4) is 6.07 Å². The molecule has 0 radical (unpaired) electrons. The Kier molecular flexibility index (Phi) is 4.05. The second-order valence-electron chi connectivity index (χ2n) is 3.54. The third kappa shape index (κ3) is 3.26. The van der Waals surface area contributed by atoms with Gasteiger partial charge in [0.15, 0.2) is 5.16 Å². The lowest BCUT2D eigenvalue weighted by Gasteiger charge is -2.01. The van der Waals surface area contributed by atoms with E-state index in [1.165, 1.54) is 30.2 Å². The molecule has 0 spiro atoms. The highest BCUT2D eigenvalue weighted by atomic mass is 32.2. The molecule has 94 valence electrons. The lowest BCUT2D eigenvalue weighted by molar-refractivity contribution is -0.385. The zero-order chi connectivity index (χ0) is 13.7. The second-order valence-corrected chi connectivity index (χ2v) is 4.48. The smallest absolute Gasteiger partial charge is 0.258 e. The van der Waals surface area contributed by atoms with E-state index >= 15 is 0 Å². The number of nitro benzene ring substituents is 1. The molecule has 2 rings (SSSR count). The second kappa shape index (κ2) is 5.93. The minimum atomic E-state index is -0.407. The Morgan fingerprint density at radius 3 is 2.63 bits per heavy atom. The van der Waals surface area contributed by atoms with Crippen LogP contribution in [0.25, 0.3) is 0 Å². The Morgan fingerprint density at radius 2 is 2.00 bits per heavy atom. The summed E-state index contributed by atoms with van der Waals surface area (Å²) in [6, 6.07) is 8.48. The molecule has 0 aliphatic heterocycles. The summed E-state index contributed by atoms with van der Waals surface area (Å²) in [5.41, 5.74) is 1.09.